The Labute approximate surface area is 150 Å². The van der Waals surface area contributed by atoms with Gasteiger partial charge in [0.05, 0.1) is 18.9 Å². The van der Waals surface area contributed by atoms with E-state index in [1.807, 2.05) is 42.7 Å². The summed E-state index contributed by atoms with van der Waals surface area (Å²) in [6.45, 7) is 3.75. The van der Waals surface area contributed by atoms with Crippen LogP contribution in [-0.4, -0.2) is 23.5 Å². The smallest absolute Gasteiger partial charge is 0.305 e. The van der Waals surface area contributed by atoms with Gasteiger partial charge in [-0.3, -0.25) is 20.4 Å². The number of aromatic nitrogens is 1. The van der Waals surface area contributed by atoms with Gasteiger partial charge in [-0.05, 0) is 44.2 Å². The standard InChI is InChI=1S/C19H19N3O4/c1-12-10-16(18(23)20-21-19(24)17-8-5-9-26-17)13(2)22(12)14-6-4-7-15(11-14)25-3/h4-11H,1-3H3,(H,20,23)(H,21,24). The summed E-state index contributed by atoms with van der Waals surface area (Å²) in [5.41, 5.74) is 7.73. The monoisotopic (exact) mass is 353 g/mol. The van der Waals surface area contributed by atoms with Gasteiger partial charge in [0.2, 0.25) is 0 Å². The van der Waals surface area contributed by atoms with Gasteiger partial charge in [0.15, 0.2) is 5.76 Å². The quantitative estimate of drug-likeness (QED) is 0.706. The summed E-state index contributed by atoms with van der Waals surface area (Å²) in [7, 11) is 1.61. The number of nitrogens with one attached hydrogen (secondary N) is 2. The molecule has 0 aliphatic heterocycles. The molecule has 2 heterocycles. The lowest BCUT2D eigenvalue weighted by Crippen LogP contribution is -2.41. The van der Waals surface area contributed by atoms with Crippen molar-refractivity contribution in [2.75, 3.05) is 7.11 Å². The SMILES string of the molecule is COc1cccc(-n2c(C)cc(C(=O)NNC(=O)c3ccco3)c2C)c1. The number of carbonyl (C=O) groups is 2. The first kappa shape index (κ1) is 17.3. The van der Waals surface area contributed by atoms with E-state index in [2.05, 4.69) is 10.9 Å². The molecular weight excluding hydrogens is 334 g/mol. The van der Waals surface area contributed by atoms with Gasteiger partial charge in [0, 0.05) is 23.1 Å². The van der Waals surface area contributed by atoms with Crippen molar-refractivity contribution in [1.29, 1.82) is 0 Å². The van der Waals surface area contributed by atoms with E-state index in [4.69, 9.17) is 9.15 Å². The zero-order valence-electron chi connectivity index (χ0n) is 14.7. The second-order valence-corrected chi connectivity index (χ2v) is 5.71. The Morgan fingerprint density at radius 2 is 1.81 bits per heavy atom. The first-order valence-electron chi connectivity index (χ1n) is 7.99. The lowest BCUT2D eigenvalue weighted by Gasteiger charge is -2.11. The maximum Gasteiger partial charge on any atom is 0.305 e. The summed E-state index contributed by atoms with van der Waals surface area (Å²) in [5, 5.41) is 0. The molecule has 2 amide bonds. The molecule has 0 aliphatic carbocycles. The highest BCUT2D eigenvalue weighted by atomic mass is 16.5. The molecule has 2 aromatic heterocycles. The average molecular weight is 353 g/mol. The van der Waals surface area contributed by atoms with Crippen molar-refractivity contribution < 1.29 is 18.7 Å². The molecule has 0 atom stereocenters. The molecule has 3 rings (SSSR count). The molecular formula is C19H19N3O4. The maximum atomic E-state index is 12.5. The lowest BCUT2D eigenvalue weighted by atomic mass is 10.2. The van der Waals surface area contributed by atoms with E-state index < -0.39 is 11.8 Å². The van der Waals surface area contributed by atoms with E-state index in [1.165, 1.54) is 12.3 Å². The number of hydrazine groups is 1. The number of ether oxygens (including phenoxy) is 1. The summed E-state index contributed by atoms with van der Waals surface area (Å²) >= 11 is 0. The fraction of sp³-hybridized carbons (Fsp3) is 0.158. The van der Waals surface area contributed by atoms with Crippen LogP contribution in [0, 0.1) is 13.8 Å². The number of hydrogen-bond acceptors (Lipinski definition) is 4. The molecule has 0 spiro atoms. The van der Waals surface area contributed by atoms with Crippen LogP contribution in [0.1, 0.15) is 32.3 Å². The summed E-state index contributed by atoms with van der Waals surface area (Å²) in [4.78, 5) is 24.3. The van der Waals surface area contributed by atoms with E-state index in [1.54, 1.807) is 19.2 Å². The second-order valence-electron chi connectivity index (χ2n) is 5.71. The van der Waals surface area contributed by atoms with Gasteiger partial charge in [-0.2, -0.15) is 0 Å². The van der Waals surface area contributed by atoms with Gasteiger partial charge in [-0.1, -0.05) is 6.07 Å². The summed E-state index contributed by atoms with van der Waals surface area (Å²) < 4.78 is 12.2. The highest BCUT2D eigenvalue weighted by Crippen LogP contribution is 2.23. The molecule has 2 N–H and O–H groups in total. The minimum atomic E-state index is -0.523. The number of benzene rings is 1. The molecule has 3 aromatic rings. The third-order valence-corrected chi connectivity index (χ3v) is 4.02. The summed E-state index contributed by atoms with van der Waals surface area (Å²) in [6, 6.07) is 12.4. The Bertz CT molecular complexity index is 942. The van der Waals surface area contributed by atoms with Crippen LogP contribution in [0.3, 0.4) is 0 Å². The number of methoxy groups -OCH3 is 1. The van der Waals surface area contributed by atoms with Crippen LogP contribution >= 0.6 is 0 Å². The first-order valence-corrected chi connectivity index (χ1v) is 7.99. The Morgan fingerprint density at radius 3 is 2.50 bits per heavy atom. The fourth-order valence-corrected chi connectivity index (χ4v) is 2.79. The zero-order valence-corrected chi connectivity index (χ0v) is 14.7. The van der Waals surface area contributed by atoms with Crippen LogP contribution in [-0.2, 0) is 0 Å². The van der Waals surface area contributed by atoms with E-state index >= 15 is 0 Å². The molecule has 0 saturated carbocycles. The molecule has 1 aromatic carbocycles. The van der Waals surface area contributed by atoms with Crippen LogP contribution in [0.2, 0.25) is 0 Å². The van der Waals surface area contributed by atoms with Crippen LogP contribution < -0.4 is 15.6 Å². The molecule has 0 unspecified atom stereocenters. The molecule has 0 bridgehead atoms. The van der Waals surface area contributed by atoms with Gasteiger partial charge in [-0.25, -0.2) is 0 Å². The van der Waals surface area contributed by atoms with Crippen LogP contribution in [0.25, 0.3) is 5.69 Å². The topological polar surface area (TPSA) is 85.5 Å². The van der Waals surface area contributed by atoms with Gasteiger partial charge in [0.25, 0.3) is 5.91 Å². The fourth-order valence-electron chi connectivity index (χ4n) is 2.79. The molecule has 134 valence electrons. The van der Waals surface area contributed by atoms with Crippen molar-refractivity contribution in [2.45, 2.75) is 13.8 Å². The molecule has 26 heavy (non-hydrogen) atoms. The lowest BCUT2D eigenvalue weighted by molar-refractivity contribution is 0.0830. The number of furan rings is 1. The Morgan fingerprint density at radius 1 is 1.04 bits per heavy atom. The largest absolute Gasteiger partial charge is 0.497 e. The number of carbonyl (C=O) groups excluding carboxylic acids is 2. The predicted molar refractivity (Wildman–Crippen MR) is 95.4 cm³/mol. The third-order valence-electron chi connectivity index (χ3n) is 4.02. The van der Waals surface area contributed by atoms with Crippen molar-refractivity contribution >= 4 is 11.8 Å². The van der Waals surface area contributed by atoms with E-state index in [0.29, 0.717) is 5.56 Å². The Balaban J connectivity index is 1.80. The minimum absolute atomic E-state index is 0.118. The van der Waals surface area contributed by atoms with Crippen LogP contribution in [0.5, 0.6) is 5.75 Å². The van der Waals surface area contributed by atoms with Gasteiger partial charge < -0.3 is 13.7 Å². The number of aryl methyl sites for hydroxylation is 1. The van der Waals surface area contributed by atoms with Gasteiger partial charge >= 0.3 is 5.91 Å². The summed E-state index contributed by atoms with van der Waals surface area (Å²) in [6.07, 6.45) is 1.39. The second kappa shape index (κ2) is 7.18. The molecule has 0 radical (unpaired) electrons. The van der Waals surface area contributed by atoms with Crippen molar-refractivity contribution in [2.24, 2.45) is 0 Å². The number of amides is 2. The highest BCUT2D eigenvalue weighted by Gasteiger charge is 2.18. The molecule has 7 nitrogen and oxygen atoms in total. The number of nitrogens with zero attached hydrogens (tertiary/aromatic N) is 1. The van der Waals surface area contributed by atoms with E-state index in [9.17, 15) is 9.59 Å². The van der Waals surface area contributed by atoms with E-state index in [0.717, 1.165) is 22.8 Å². The van der Waals surface area contributed by atoms with Crippen LogP contribution in [0.4, 0.5) is 0 Å². The summed E-state index contributed by atoms with van der Waals surface area (Å²) in [5.74, 6) is -0.0871. The minimum Gasteiger partial charge on any atom is -0.497 e. The Hall–Kier alpha value is -3.48. The number of rotatable bonds is 4. The molecule has 0 fully saturated rings. The molecule has 7 heteroatoms. The molecule has 0 aliphatic rings. The third kappa shape index (κ3) is 3.32. The highest BCUT2D eigenvalue weighted by molar-refractivity contribution is 5.99. The average Bonchev–Trinajstić information content (AvgIpc) is 3.28. The normalized spacial score (nSPS) is 10.4. The van der Waals surface area contributed by atoms with Crippen molar-refractivity contribution in [3.8, 4) is 11.4 Å². The van der Waals surface area contributed by atoms with Gasteiger partial charge in [-0.15, -0.1) is 0 Å². The molecule has 0 saturated heterocycles. The first-order chi connectivity index (χ1) is 12.5. The zero-order chi connectivity index (χ0) is 18.7. The van der Waals surface area contributed by atoms with Crippen molar-refractivity contribution in [3.05, 3.63) is 71.4 Å². The predicted octanol–water partition coefficient (Wildman–Crippen LogP) is 2.77. The Kier molecular flexibility index (Phi) is 4.79. The number of hydrogen-bond donors (Lipinski definition) is 2. The maximum absolute atomic E-state index is 12.5. The van der Waals surface area contributed by atoms with Crippen LogP contribution in [0.15, 0.2) is 53.1 Å². The van der Waals surface area contributed by atoms with E-state index in [-0.39, 0.29) is 5.76 Å². The van der Waals surface area contributed by atoms with Crippen molar-refractivity contribution in [3.63, 3.8) is 0 Å². The van der Waals surface area contributed by atoms with Crippen molar-refractivity contribution in [1.82, 2.24) is 15.4 Å². The van der Waals surface area contributed by atoms with Gasteiger partial charge in [0.1, 0.15) is 5.75 Å².